The van der Waals surface area contributed by atoms with E-state index >= 15 is 0 Å². The highest BCUT2D eigenvalue weighted by molar-refractivity contribution is 7.27. The van der Waals surface area contributed by atoms with Gasteiger partial charge in [0, 0.05) is 31.3 Å². The van der Waals surface area contributed by atoms with Crippen molar-refractivity contribution < 1.29 is 14.4 Å². The largest absolute Gasteiger partial charge is 0.351 e. The average Bonchev–Trinajstić information content (AvgIpc) is 3.55. The zero-order valence-corrected chi connectivity index (χ0v) is 22.9. The molecule has 3 aromatic rings. The number of aromatic amines is 1. The molecule has 1 aliphatic rings. The van der Waals surface area contributed by atoms with E-state index < -0.39 is 0 Å². The Morgan fingerprint density at radius 1 is 1.19 bits per heavy atom. The SMILES string of the molecule is C=CCC(C)=O.CN.O=C(CCc1ccc(P)cc1)N1CCCC1.O=Cc1cc2cc(Cl)ncc2[nH]1. The minimum Gasteiger partial charge on any atom is -0.351 e. The van der Waals surface area contributed by atoms with Crippen LogP contribution in [0.1, 0.15) is 48.7 Å². The number of amides is 1. The van der Waals surface area contributed by atoms with Crippen molar-refractivity contribution in [1.29, 1.82) is 0 Å². The number of aldehydes is 1. The first-order chi connectivity index (χ1) is 17.3. The van der Waals surface area contributed by atoms with Gasteiger partial charge >= 0.3 is 0 Å². The molecule has 36 heavy (non-hydrogen) atoms. The number of nitrogens with one attached hydrogen (secondary N) is 1. The lowest BCUT2D eigenvalue weighted by molar-refractivity contribution is -0.130. The first-order valence-electron chi connectivity index (χ1n) is 11.7. The van der Waals surface area contributed by atoms with Crippen LogP contribution in [0, 0.1) is 0 Å². The molecular weight excluding hydrogens is 495 g/mol. The van der Waals surface area contributed by atoms with Gasteiger partial charge in [0.05, 0.1) is 17.4 Å². The van der Waals surface area contributed by atoms with E-state index in [1.54, 1.807) is 31.3 Å². The van der Waals surface area contributed by atoms with Crippen molar-refractivity contribution >= 4 is 55.0 Å². The van der Waals surface area contributed by atoms with Crippen LogP contribution in [0.25, 0.3) is 10.9 Å². The number of likely N-dealkylation sites (tertiary alicyclic amines) is 1. The molecule has 2 aromatic heterocycles. The van der Waals surface area contributed by atoms with E-state index in [2.05, 4.69) is 55.8 Å². The molecule has 0 spiro atoms. The van der Waals surface area contributed by atoms with Gasteiger partial charge in [-0.25, -0.2) is 4.98 Å². The van der Waals surface area contributed by atoms with Gasteiger partial charge in [-0.1, -0.05) is 41.9 Å². The molecule has 194 valence electrons. The molecular formula is C27H36ClN4O3P. The molecule has 1 fully saturated rings. The Hall–Kier alpha value is -2.86. The van der Waals surface area contributed by atoms with Gasteiger partial charge in [0.2, 0.25) is 5.91 Å². The zero-order chi connectivity index (χ0) is 26.9. The van der Waals surface area contributed by atoms with Crippen molar-refractivity contribution in [1.82, 2.24) is 14.9 Å². The van der Waals surface area contributed by atoms with Gasteiger partial charge in [0.1, 0.15) is 10.9 Å². The quantitative estimate of drug-likeness (QED) is 0.211. The molecule has 7 nitrogen and oxygen atoms in total. The second-order valence-corrected chi connectivity index (χ2v) is 9.02. The molecule has 3 N–H and O–H groups in total. The van der Waals surface area contributed by atoms with Gasteiger partial charge in [-0.3, -0.25) is 14.4 Å². The second kappa shape index (κ2) is 17.6. The smallest absolute Gasteiger partial charge is 0.222 e. The summed E-state index contributed by atoms with van der Waals surface area (Å²) in [5, 5.41) is 2.52. The minimum absolute atomic E-state index is 0.171. The van der Waals surface area contributed by atoms with E-state index in [0.29, 0.717) is 29.6 Å². The number of carbonyl (C=O) groups is 3. The van der Waals surface area contributed by atoms with Gasteiger partial charge in [0.15, 0.2) is 6.29 Å². The van der Waals surface area contributed by atoms with E-state index in [1.165, 1.54) is 30.8 Å². The van der Waals surface area contributed by atoms with E-state index in [9.17, 15) is 14.4 Å². The monoisotopic (exact) mass is 530 g/mol. The molecule has 1 atom stereocenters. The van der Waals surface area contributed by atoms with Crippen molar-refractivity contribution in [2.45, 2.75) is 39.0 Å². The molecule has 0 bridgehead atoms. The van der Waals surface area contributed by atoms with Crippen molar-refractivity contribution in [3.8, 4) is 0 Å². The predicted octanol–water partition coefficient (Wildman–Crippen LogP) is 4.50. The van der Waals surface area contributed by atoms with Crippen molar-refractivity contribution in [2.24, 2.45) is 5.73 Å². The van der Waals surface area contributed by atoms with Gasteiger partial charge in [0.25, 0.3) is 0 Å². The Labute approximate surface area is 220 Å². The number of benzene rings is 1. The van der Waals surface area contributed by atoms with Gasteiger partial charge in [-0.15, -0.1) is 15.8 Å². The number of pyridine rings is 1. The number of rotatable bonds is 6. The van der Waals surface area contributed by atoms with Crippen LogP contribution in [-0.4, -0.2) is 53.0 Å². The van der Waals surface area contributed by atoms with Crippen LogP contribution in [0.15, 0.2) is 55.3 Å². The van der Waals surface area contributed by atoms with Crippen LogP contribution >= 0.6 is 20.8 Å². The first-order valence-corrected chi connectivity index (χ1v) is 12.7. The number of hydrogen-bond donors (Lipinski definition) is 2. The molecule has 1 aromatic carbocycles. The Morgan fingerprint density at radius 3 is 2.36 bits per heavy atom. The zero-order valence-electron chi connectivity index (χ0n) is 21.0. The summed E-state index contributed by atoms with van der Waals surface area (Å²) in [6.45, 7) is 6.85. The molecule has 4 rings (SSSR count). The number of hydrogen-bond acceptors (Lipinski definition) is 5. The Kier molecular flexibility index (Phi) is 15.2. The fraction of sp³-hybridized carbons (Fsp3) is 0.333. The number of nitrogens with zero attached hydrogens (tertiary/aromatic N) is 2. The number of carbonyl (C=O) groups excluding carboxylic acids is 3. The highest BCUT2D eigenvalue weighted by Crippen LogP contribution is 2.16. The van der Waals surface area contributed by atoms with Crippen LogP contribution in [0.5, 0.6) is 0 Å². The number of allylic oxidation sites excluding steroid dienone is 1. The maximum atomic E-state index is 11.8. The maximum Gasteiger partial charge on any atom is 0.222 e. The molecule has 0 saturated carbocycles. The average molecular weight is 531 g/mol. The molecule has 1 saturated heterocycles. The number of nitrogens with two attached hydrogens (primary N) is 1. The van der Waals surface area contributed by atoms with Crippen LogP contribution in [-0.2, 0) is 16.0 Å². The standard InChI is InChI=1S/C13H18NOP.C8H5ClN2O.C5H8O.CH5N/c15-13(14-9-1-2-10-14)8-5-11-3-6-12(16)7-4-11;9-8-2-5-1-6(4-12)11-7(5)3-10-8;1-3-4-5(2)6;1-2/h3-4,6-7H,1-2,5,8-10,16H2;1-4,11H;3H,1,4H2,2H3;2H2,1H3. The molecule has 1 unspecified atom stereocenters. The van der Waals surface area contributed by atoms with Crippen molar-refractivity contribution in [3.05, 3.63) is 71.7 Å². The summed E-state index contributed by atoms with van der Waals surface area (Å²) in [5.41, 5.74) is 7.11. The van der Waals surface area contributed by atoms with E-state index in [1.807, 2.05) is 4.90 Å². The fourth-order valence-corrected chi connectivity index (χ4v) is 3.71. The van der Waals surface area contributed by atoms with Crippen LogP contribution in [0.3, 0.4) is 0 Å². The fourth-order valence-electron chi connectivity index (χ4n) is 3.35. The summed E-state index contributed by atoms with van der Waals surface area (Å²) in [6, 6.07) is 11.8. The number of Topliss-reactive ketones (excluding diaryl/α,β-unsaturated/α-hetero) is 1. The normalized spacial score (nSPS) is 11.8. The number of halogens is 1. The van der Waals surface area contributed by atoms with Crippen molar-refractivity contribution in [2.75, 3.05) is 20.1 Å². The highest BCUT2D eigenvalue weighted by Gasteiger charge is 2.17. The van der Waals surface area contributed by atoms with Gasteiger partial charge in [-0.05, 0) is 56.2 Å². The van der Waals surface area contributed by atoms with Crippen LogP contribution in [0.2, 0.25) is 5.15 Å². The van der Waals surface area contributed by atoms with Crippen LogP contribution < -0.4 is 11.0 Å². The van der Waals surface area contributed by atoms with Gasteiger partial charge in [-0.2, -0.15) is 0 Å². The molecule has 1 aliphatic heterocycles. The number of fused-ring (bicyclic) bond motifs is 1. The van der Waals surface area contributed by atoms with Gasteiger partial charge < -0.3 is 15.6 Å². The summed E-state index contributed by atoms with van der Waals surface area (Å²) in [5.74, 6) is 0.484. The Balaban J connectivity index is 0.000000286. The first kappa shape index (κ1) is 31.2. The molecule has 0 aliphatic carbocycles. The number of aromatic nitrogens is 2. The van der Waals surface area contributed by atoms with Crippen LogP contribution in [0.4, 0.5) is 0 Å². The van der Waals surface area contributed by atoms with Crippen molar-refractivity contribution in [3.63, 3.8) is 0 Å². The lowest BCUT2D eigenvalue weighted by atomic mass is 10.1. The second-order valence-electron chi connectivity index (χ2n) is 7.96. The summed E-state index contributed by atoms with van der Waals surface area (Å²) < 4.78 is 0. The third-order valence-electron chi connectivity index (χ3n) is 5.12. The topological polar surface area (TPSA) is 109 Å². The number of ketones is 1. The van der Waals surface area contributed by atoms with E-state index in [-0.39, 0.29) is 5.78 Å². The lowest BCUT2D eigenvalue weighted by Crippen LogP contribution is -2.27. The summed E-state index contributed by atoms with van der Waals surface area (Å²) in [7, 11) is 4.17. The Morgan fingerprint density at radius 2 is 1.83 bits per heavy atom. The summed E-state index contributed by atoms with van der Waals surface area (Å²) in [4.78, 5) is 40.9. The molecule has 1 amide bonds. The summed E-state index contributed by atoms with van der Waals surface area (Å²) >= 11 is 5.66. The number of aryl methyl sites for hydroxylation is 1. The van der Waals surface area contributed by atoms with E-state index in [4.69, 9.17) is 11.6 Å². The molecule has 3 heterocycles. The Bertz CT molecular complexity index is 1110. The molecule has 0 radical (unpaired) electrons. The maximum absolute atomic E-state index is 11.8. The third kappa shape index (κ3) is 11.7. The minimum atomic E-state index is 0.171. The summed E-state index contributed by atoms with van der Waals surface area (Å²) in [6.07, 6.45) is 8.32. The number of H-pyrrole nitrogens is 1. The lowest BCUT2D eigenvalue weighted by Gasteiger charge is -2.14. The molecule has 9 heteroatoms. The van der Waals surface area contributed by atoms with E-state index in [0.717, 1.165) is 36.7 Å². The predicted molar refractivity (Wildman–Crippen MR) is 152 cm³/mol. The highest BCUT2D eigenvalue weighted by atomic mass is 35.5. The third-order valence-corrected chi connectivity index (χ3v) is 5.71.